The second kappa shape index (κ2) is 12.8. The molecule has 1 aliphatic rings. The van der Waals surface area contributed by atoms with Crippen molar-refractivity contribution in [1.82, 2.24) is 10.2 Å². The first-order valence-electron chi connectivity index (χ1n) is 13.2. The van der Waals surface area contributed by atoms with Crippen LogP contribution in [0.2, 0.25) is 5.02 Å². The number of anilines is 1. The number of aryl methyl sites for hydroxylation is 1. The highest BCUT2D eigenvalue weighted by molar-refractivity contribution is 7.92. The van der Waals surface area contributed by atoms with Crippen molar-refractivity contribution in [3.63, 3.8) is 0 Å². The molecule has 40 heavy (non-hydrogen) atoms. The number of hydrogen-bond acceptors (Lipinski definition) is 4. The molecule has 2 amide bonds. The number of nitrogens with zero attached hydrogens (tertiary/aromatic N) is 2. The average Bonchev–Trinajstić information content (AvgIpc) is 3.44. The first kappa shape index (κ1) is 29.6. The minimum absolute atomic E-state index is 0.0229. The van der Waals surface area contributed by atoms with Crippen LogP contribution in [0.3, 0.4) is 0 Å². The third-order valence-corrected chi connectivity index (χ3v) is 9.21. The van der Waals surface area contributed by atoms with E-state index in [1.165, 1.54) is 35.2 Å². The fourth-order valence-electron chi connectivity index (χ4n) is 4.76. The van der Waals surface area contributed by atoms with Gasteiger partial charge in [-0.25, -0.2) is 12.8 Å². The van der Waals surface area contributed by atoms with Crippen LogP contribution in [-0.2, 0) is 26.2 Å². The summed E-state index contributed by atoms with van der Waals surface area (Å²) < 4.78 is 43.3. The number of carbonyl (C=O) groups is 2. The van der Waals surface area contributed by atoms with Crippen LogP contribution in [-0.4, -0.2) is 43.8 Å². The number of benzene rings is 3. The lowest BCUT2D eigenvalue weighted by molar-refractivity contribution is -0.139. The summed E-state index contributed by atoms with van der Waals surface area (Å²) in [6.45, 7) is 2.65. The average molecular weight is 586 g/mol. The van der Waals surface area contributed by atoms with E-state index < -0.39 is 34.3 Å². The maximum absolute atomic E-state index is 14.7. The summed E-state index contributed by atoms with van der Waals surface area (Å²) >= 11 is 5.98. The van der Waals surface area contributed by atoms with Crippen LogP contribution in [0, 0.1) is 12.7 Å². The van der Waals surface area contributed by atoms with Crippen molar-refractivity contribution < 1.29 is 22.4 Å². The molecule has 0 bridgehead atoms. The molecule has 3 aromatic carbocycles. The molecule has 212 valence electrons. The van der Waals surface area contributed by atoms with Gasteiger partial charge in [-0.2, -0.15) is 0 Å². The van der Waals surface area contributed by atoms with Crippen LogP contribution < -0.4 is 9.62 Å². The molecule has 7 nitrogen and oxygen atoms in total. The van der Waals surface area contributed by atoms with Gasteiger partial charge in [0.25, 0.3) is 10.0 Å². The van der Waals surface area contributed by atoms with Crippen molar-refractivity contribution in [3.05, 3.63) is 94.8 Å². The number of nitrogens with one attached hydrogen (secondary N) is 1. The number of amides is 2. The Labute approximate surface area is 240 Å². The Balaban J connectivity index is 1.69. The summed E-state index contributed by atoms with van der Waals surface area (Å²) in [5.41, 5.74) is 1.42. The van der Waals surface area contributed by atoms with E-state index in [-0.39, 0.29) is 34.6 Å². The second-order valence-corrected chi connectivity index (χ2v) is 12.4. The molecule has 1 fully saturated rings. The largest absolute Gasteiger partial charge is 0.352 e. The van der Waals surface area contributed by atoms with E-state index in [0.29, 0.717) is 5.02 Å². The third kappa shape index (κ3) is 7.01. The molecule has 4 rings (SSSR count). The molecule has 0 aliphatic heterocycles. The predicted molar refractivity (Wildman–Crippen MR) is 154 cm³/mol. The minimum Gasteiger partial charge on any atom is -0.352 e. The highest BCUT2D eigenvalue weighted by Crippen LogP contribution is 2.26. The van der Waals surface area contributed by atoms with Crippen molar-refractivity contribution in [1.29, 1.82) is 0 Å². The lowest BCUT2D eigenvalue weighted by atomic mass is 10.1. The predicted octanol–water partition coefficient (Wildman–Crippen LogP) is 5.46. The Morgan fingerprint density at radius 3 is 2.25 bits per heavy atom. The van der Waals surface area contributed by atoms with Gasteiger partial charge >= 0.3 is 0 Å². The molecule has 1 aliphatic carbocycles. The van der Waals surface area contributed by atoms with Crippen LogP contribution >= 0.6 is 11.6 Å². The van der Waals surface area contributed by atoms with Crippen LogP contribution in [0.5, 0.6) is 0 Å². The summed E-state index contributed by atoms with van der Waals surface area (Å²) in [6.07, 6.45) is 3.76. The smallest absolute Gasteiger partial charge is 0.264 e. The van der Waals surface area contributed by atoms with Crippen molar-refractivity contribution in [3.8, 4) is 0 Å². The SMILES string of the molecule is Cc1ccc(N(CC(=O)N(Cc2ccccc2F)[C@@H](C)C(=O)NC2CCCC2)S(=O)(=O)c2ccc(Cl)cc2)cc1. The van der Waals surface area contributed by atoms with E-state index in [1.807, 2.05) is 6.92 Å². The molecule has 0 radical (unpaired) electrons. The highest BCUT2D eigenvalue weighted by atomic mass is 35.5. The maximum Gasteiger partial charge on any atom is 0.264 e. The zero-order valence-electron chi connectivity index (χ0n) is 22.5. The van der Waals surface area contributed by atoms with Gasteiger partial charge in [-0.3, -0.25) is 13.9 Å². The van der Waals surface area contributed by atoms with Gasteiger partial charge < -0.3 is 10.2 Å². The van der Waals surface area contributed by atoms with Gasteiger partial charge in [-0.1, -0.05) is 60.3 Å². The van der Waals surface area contributed by atoms with Crippen LogP contribution in [0.1, 0.15) is 43.7 Å². The molecule has 1 saturated carbocycles. The topological polar surface area (TPSA) is 86.8 Å². The Bertz CT molecular complexity index is 1440. The fourth-order valence-corrected chi connectivity index (χ4v) is 6.30. The number of rotatable bonds is 10. The molecular weight excluding hydrogens is 553 g/mol. The first-order valence-corrected chi connectivity index (χ1v) is 15.1. The molecule has 0 heterocycles. The van der Waals surface area contributed by atoms with E-state index in [9.17, 15) is 22.4 Å². The van der Waals surface area contributed by atoms with E-state index in [0.717, 1.165) is 35.6 Å². The summed E-state index contributed by atoms with van der Waals surface area (Å²) in [7, 11) is -4.21. The number of carbonyl (C=O) groups excluding carboxylic acids is 2. The molecule has 0 aromatic heterocycles. The second-order valence-electron chi connectivity index (χ2n) is 10.1. The quantitative estimate of drug-likeness (QED) is 0.342. The van der Waals surface area contributed by atoms with Gasteiger partial charge in [-0.05, 0) is 69.2 Å². The summed E-state index contributed by atoms with van der Waals surface area (Å²) in [5.74, 6) is -1.53. The van der Waals surface area contributed by atoms with Crippen LogP contribution in [0.15, 0.2) is 77.7 Å². The van der Waals surface area contributed by atoms with Crippen LogP contribution in [0.25, 0.3) is 0 Å². The van der Waals surface area contributed by atoms with Crippen LogP contribution in [0.4, 0.5) is 10.1 Å². The molecule has 1 N–H and O–H groups in total. The van der Waals surface area contributed by atoms with Crippen molar-refractivity contribution in [2.24, 2.45) is 0 Å². The van der Waals surface area contributed by atoms with Gasteiger partial charge in [-0.15, -0.1) is 0 Å². The molecule has 1 atom stereocenters. The number of hydrogen-bond donors (Lipinski definition) is 1. The lowest BCUT2D eigenvalue weighted by Crippen LogP contribution is -2.52. The fraction of sp³-hybridized carbons (Fsp3) is 0.333. The van der Waals surface area contributed by atoms with Crippen molar-refractivity contribution in [2.45, 2.75) is 63.1 Å². The van der Waals surface area contributed by atoms with Gasteiger partial charge in [0.05, 0.1) is 10.6 Å². The van der Waals surface area contributed by atoms with Gasteiger partial charge in [0, 0.05) is 23.2 Å². The van der Waals surface area contributed by atoms with Gasteiger partial charge in [0.15, 0.2) is 0 Å². The molecule has 3 aromatic rings. The summed E-state index contributed by atoms with van der Waals surface area (Å²) in [4.78, 5) is 28.3. The third-order valence-electron chi connectivity index (χ3n) is 7.17. The Hall–Kier alpha value is -3.43. The van der Waals surface area contributed by atoms with E-state index in [2.05, 4.69) is 5.32 Å². The maximum atomic E-state index is 14.7. The van der Waals surface area contributed by atoms with Crippen molar-refractivity contribution >= 4 is 39.1 Å². The van der Waals surface area contributed by atoms with Crippen molar-refractivity contribution in [2.75, 3.05) is 10.8 Å². The zero-order chi connectivity index (χ0) is 28.9. The highest BCUT2D eigenvalue weighted by Gasteiger charge is 2.33. The molecule has 0 saturated heterocycles. The minimum atomic E-state index is -4.21. The van der Waals surface area contributed by atoms with Gasteiger partial charge in [0.1, 0.15) is 18.4 Å². The number of sulfonamides is 1. The molecule has 10 heteroatoms. The standard InChI is InChI=1S/C30H33ClFN3O4S/c1-21-11-15-26(16-12-21)35(40(38,39)27-17-13-24(31)14-18-27)20-29(36)34(19-23-7-3-6-10-28(23)32)22(2)30(37)33-25-8-4-5-9-25/h3,6-7,10-18,22,25H,4-5,8-9,19-20H2,1-2H3,(H,33,37)/t22-/m0/s1. The van der Waals surface area contributed by atoms with E-state index in [4.69, 9.17) is 11.6 Å². The Morgan fingerprint density at radius 2 is 1.62 bits per heavy atom. The Morgan fingerprint density at radius 1 is 1.00 bits per heavy atom. The van der Waals surface area contributed by atoms with Gasteiger partial charge in [0.2, 0.25) is 11.8 Å². The number of halogens is 2. The summed E-state index contributed by atoms with van der Waals surface area (Å²) in [6, 6.07) is 17.5. The Kier molecular flexibility index (Phi) is 9.48. The molecule has 0 spiro atoms. The summed E-state index contributed by atoms with van der Waals surface area (Å²) in [5, 5.41) is 3.37. The molecule has 0 unspecified atom stereocenters. The first-order chi connectivity index (χ1) is 19.1. The normalized spacial score (nSPS) is 14.5. The van der Waals surface area contributed by atoms with E-state index >= 15 is 0 Å². The monoisotopic (exact) mass is 585 g/mol. The lowest BCUT2D eigenvalue weighted by Gasteiger charge is -2.32. The van der Waals surface area contributed by atoms with E-state index in [1.54, 1.807) is 49.4 Å². The molecular formula is C30H33ClFN3O4S. The zero-order valence-corrected chi connectivity index (χ0v) is 24.1.